The summed E-state index contributed by atoms with van der Waals surface area (Å²) in [7, 11) is 0. The molecular weight excluding hydrogens is 312 g/mol. The predicted octanol–water partition coefficient (Wildman–Crippen LogP) is 3.96. The topological polar surface area (TPSA) is 57.5 Å². The fraction of sp³-hybridized carbons (Fsp3) is 0.955. The molecule has 3 nitrogen and oxygen atoms in total. The highest BCUT2D eigenvalue weighted by Gasteiger charge is 2.65. The molecular formula is C22H36O3. The van der Waals surface area contributed by atoms with E-state index < -0.39 is 6.10 Å². The van der Waals surface area contributed by atoms with E-state index in [0.717, 1.165) is 38.5 Å². The van der Waals surface area contributed by atoms with Gasteiger partial charge in [0.05, 0.1) is 6.10 Å². The number of Topliss-reactive ketones (excluding diaryl/α,β-unsaturated/α-hetero) is 1. The van der Waals surface area contributed by atoms with Crippen LogP contribution in [0, 0.1) is 40.4 Å². The first-order valence-electron chi connectivity index (χ1n) is 10.8. The third-order valence-electron chi connectivity index (χ3n) is 9.21. The first-order valence-corrected chi connectivity index (χ1v) is 10.8. The lowest BCUT2D eigenvalue weighted by Gasteiger charge is -2.63. The van der Waals surface area contributed by atoms with Crippen molar-refractivity contribution in [3.63, 3.8) is 0 Å². The van der Waals surface area contributed by atoms with E-state index in [-0.39, 0.29) is 29.3 Å². The SMILES string of the molecule is CCC[C@]12CC[C@H]3[C@@H]([C@H](O)[C@H](CO)C4CCCC[C@@]43C)[C@@H]1CCC2=O. The number of rotatable bonds is 3. The van der Waals surface area contributed by atoms with Gasteiger partial charge in [-0.15, -0.1) is 0 Å². The molecule has 0 aromatic carbocycles. The number of carbonyl (C=O) groups excluding carboxylic acids is 1. The van der Waals surface area contributed by atoms with Gasteiger partial charge in [-0.1, -0.05) is 33.1 Å². The number of hydrogen-bond donors (Lipinski definition) is 2. The van der Waals surface area contributed by atoms with Crippen LogP contribution in [0.5, 0.6) is 0 Å². The zero-order valence-corrected chi connectivity index (χ0v) is 16.0. The summed E-state index contributed by atoms with van der Waals surface area (Å²) in [6, 6.07) is 0. The summed E-state index contributed by atoms with van der Waals surface area (Å²) < 4.78 is 0. The minimum atomic E-state index is -0.418. The molecule has 4 fully saturated rings. The first-order chi connectivity index (χ1) is 12.0. The Morgan fingerprint density at radius 1 is 1.08 bits per heavy atom. The molecule has 0 aromatic heterocycles. The Kier molecular flexibility index (Phi) is 4.56. The molecule has 4 rings (SSSR count). The Bertz CT molecular complexity index is 531. The van der Waals surface area contributed by atoms with Crippen LogP contribution in [0.3, 0.4) is 0 Å². The monoisotopic (exact) mass is 348 g/mol. The molecule has 25 heavy (non-hydrogen) atoms. The normalized spacial score (nSPS) is 52.4. The van der Waals surface area contributed by atoms with Crippen LogP contribution in [0.15, 0.2) is 0 Å². The van der Waals surface area contributed by atoms with Crippen molar-refractivity contribution >= 4 is 5.78 Å². The molecule has 0 amide bonds. The summed E-state index contributed by atoms with van der Waals surface area (Å²) in [5, 5.41) is 21.5. The Hall–Kier alpha value is -0.410. The van der Waals surface area contributed by atoms with Gasteiger partial charge in [0.25, 0.3) is 0 Å². The quantitative estimate of drug-likeness (QED) is 0.812. The third-order valence-corrected chi connectivity index (χ3v) is 9.21. The van der Waals surface area contributed by atoms with Crippen molar-refractivity contribution in [3.05, 3.63) is 0 Å². The maximum Gasteiger partial charge on any atom is 0.139 e. The molecule has 4 aliphatic carbocycles. The van der Waals surface area contributed by atoms with Gasteiger partial charge in [-0.3, -0.25) is 4.79 Å². The van der Waals surface area contributed by atoms with Crippen LogP contribution in [-0.2, 0) is 4.79 Å². The molecule has 3 heteroatoms. The molecule has 2 N–H and O–H groups in total. The second kappa shape index (κ2) is 6.34. The average molecular weight is 349 g/mol. The number of aliphatic hydroxyl groups is 2. The minimum absolute atomic E-state index is 0.0136. The maximum atomic E-state index is 12.9. The van der Waals surface area contributed by atoms with E-state index in [0.29, 0.717) is 30.0 Å². The zero-order chi connectivity index (χ0) is 17.8. The largest absolute Gasteiger partial charge is 0.396 e. The number of carbonyl (C=O) groups is 1. The van der Waals surface area contributed by atoms with Crippen LogP contribution in [0.4, 0.5) is 0 Å². The van der Waals surface area contributed by atoms with Gasteiger partial charge in [0.1, 0.15) is 5.78 Å². The van der Waals surface area contributed by atoms with Crippen LogP contribution < -0.4 is 0 Å². The van der Waals surface area contributed by atoms with Gasteiger partial charge in [-0.25, -0.2) is 0 Å². The van der Waals surface area contributed by atoms with Gasteiger partial charge in [-0.2, -0.15) is 0 Å². The highest BCUT2D eigenvalue weighted by Crippen LogP contribution is 2.67. The van der Waals surface area contributed by atoms with Gasteiger partial charge in [-0.05, 0) is 67.6 Å². The molecule has 1 unspecified atom stereocenters. The molecule has 0 aromatic rings. The van der Waals surface area contributed by atoms with Crippen molar-refractivity contribution in [3.8, 4) is 0 Å². The maximum absolute atomic E-state index is 12.9. The molecule has 0 bridgehead atoms. The van der Waals surface area contributed by atoms with E-state index in [1.54, 1.807) is 0 Å². The second-order valence-corrected chi connectivity index (χ2v) is 9.89. The molecule has 0 spiro atoms. The highest BCUT2D eigenvalue weighted by atomic mass is 16.3. The van der Waals surface area contributed by atoms with Gasteiger partial charge < -0.3 is 10.2 Å². The lowest BCUT2D eigenvalue weighted by molar-refractivity contribution is -0.198. The molecule has 0 saturated heterocycles. The van der Waals surface area contributed by atoms with Crippen LogP contribution in [-0.4, -0.2) is 28.7 Å². The van der Waals surface area contributed by atoms with Crippen LogP contribution in [0.25, 0.3) is 0 Å². The first kappa shape index (κ1) is 18.0. The van der Waals surface area contributed by atoms with Crippen molar-refractivity contribution in [1.82, 2.24) is 0 Å². The van der Waals surface area contributed by atoms with Crippen molar-refractivity contribution in [2.75, 3.05) is 6.61 Å². The minimum Gasteiger partial charge on any atom is -0.396 e. The summed E-state index contributed by atoms with van der Waals surface area (Å²) in [5.41, 5.74) is 0.0916. The van der Waals surface area contributed by atoms with Gasteiger partial charge in [0, 0.05) is 24.4 Å². The van der Waals surface area contributed by atoms with Crippen molar-refractivity contribution < 1.29 is 15.0 Å². The van der Waals surface area contributed by atoms with Crippen LogP contribution in [0.2, 0.25) is 0 Å². The summed E-state index contributed by atoms with van der Waals surface area (Å²) in [6.45, 7) is 4.74. The molecule has 0 radical (unpaired) electrons. The summed E-state index contributed by atoms with van der Waals surface area (Å²) in [5.74, 6) is 2.06. The Morgan fingerprint density at radius 3 is 2.60 bits per heavy atom. The molecule has 0 heterocycles. The fourth-order valence-electron chi connectivity index (χ4n) is 8.24. The number of hydrogen-bond acceptors (Lipinski definition) is 3. The fourth-order valence-corrected chi connectivity index (χ4v) is 8.24. The summed E-state index contributed by atoms with van der Waals surface area (Å²) in [6.07, 6.45) is 10.4. The Morgan fingerprint density at radius 2 is 1.88 bits per heavy atom. The predicted molar refractivity (Wildman–Crippen MR) is 97.9 cm³/mol. The Balaban J connectivity index is 1.74. The number of fused-ring (bicyclic) bond motifs is 5. The Labute approximate surface area is 152 Å². The van der Waals surface area contributed by atoms with E-state index in [4.69, 9.17) is 0 Å². The standard InChI is InChI=1S/C22H36O3/c1-3-10-22-12-9-16-19(17(22)7-8-18(22)24)20(25)14(13-23)15-6-4-5-11-21(15,16)2/h14-17,19-20,23,25H,3-13H2,1-2H3/t14-,15?,16+,17+,19-,20-,21+,22+/m1/s1. The molecule has 4 aliphatic rings. The molecule has 8 atom stereocenters. The van der Waals surface area contributed by atoms with E-state index in [2.05, 4.69) is 13.8 Å². The van der Waals surface area contributed by atoms with E-state index in [1.165, 1.54) is 19.3 Å². The van der Waals surface area contributed by atoms with Crippen LogP contribution in [0.1, 0.15) is 78.1 Å². The second-order valence-electron chi connectivity index (χ2n) is 9.89. The number of aliphatic hydroxyl groups excluding tert-OH is 2. The lowest BCUT2D eigenvalue weighted by Crippen LogP contribution is -2.62. The third kappa shape index (κ3) is 2.34. The molecule has 4 saturated carbocycles. The van der Waals surface area contributed by atoms with Crippen LogP contribution >= 0.6 is 0 Å². The molecule has 142 valence electrons. The van der Waals surface area contributed by atoms with Crippen molar-refractivity contribution in [2.45, 2.75) is 84.2 Å². The summed E-state index contributed by atoms with van der Waals surface area (Å²) >= 11 is 0. The van der Waals surface area contributed by atoms with Gasteiger partial charge in [0.15, 0.2) is 0 Å². The summed E-state index contributed by atoms with van der Waals surface area (Å²) in [4.78, 5) is 12.9. The van der Waals surface area contributed by atoms with Gasteiger partial charge >= 0.3 is 0 Å². The smallest absolute Gasteiger partial charge is 0.139 e. The van der Waals surface area contributed by atoms with E-state index in [9.17, 15) is 15.0 Å². The molecule has 0 aliphatic heterocycles. The van der Waals surface area contributed by atoms with Crippen molar-refractivity contribution in [2.24, 2.45) is 40.4 Å². The highest BCUT2D eigenvalue weighted by molar-refractivity contribution is 5.87. The van der Waals surface area contributed by atoms with E-state index in [1.807, 2.05) is 0 Å². The number of ketones is 1. The van der Waals surface area contributed by atoms with Crippen molar-refractivity contribution in [1.29, 1.82) is 0 Å². The lowest BCUT2D eigenvalue weighted by atomic mass is 9.42. The van der Waals surface area contributed by atoms with Gasteiger partial charge in [0.2, 0.25) is 0 Å². The zero-order valence-electron chi connectivity index (χ0n) is 16.0. The van der Waals surface area contributed by atoms with E-state index >= 15 is 0 Å². The average Bonchev–Trinajstić information content (AvgIpc) is 2.93.